The van der Waals surface area contributed by atoms with Crippen LogP contribution >= 0.6 is 0 Å². The Hall–Kier alpha value is -3.99. The quantitative estimate of drug-likeness (QED) is 0.328. The predicted octanol–water partition coefficient (Wildman–Crippen LogP) is 3.42. The molecule has 0 saturated carbocycles. The summed E-state index contributed by atoms with van der Waals surface area (Å²) in [5, 5.41) is 2.42. The van der Waals surface area contributed by atoms with E-state index in [0.29, 0.717) is 17.9 Å². The van der Waals surface area contributed by atoms with Crippen molar-refractivity contribution in [3.05, 3.63) is 83.4 Å². The van der Waals surface area contributed by atoms with Gasteiger partial charge in [0.2, 0.25) is 5.95 Å². The van der Waals surface area contributed by atoms with Crippen LogP contribution in [-0.2, 0) is 19.3 Å². The zero-order chi connectivity index (χ0) is 22.6. The summed E-state index contributed by atoms with van der Waals surface area (Å²) in [5.41, 5.74) is 5.62. The Bertz CT molecular complexity index is 1190. The van der Waals surface area contributed by atoms with Gasteiger partial charge in [-0.1, -0.05) is 42.5 Å². The van der Waals surface area contributed by atoms with Crippen LogP contribution in [0.1, 0.15) is 27.4 Å². The summed E-state index contributed by atoms with van der Waals surface area (Å²) in [6, 6.07) is 16.5. The molecule has 11 heteroatoms. The molecular formula is C21H18F3N7O. The summed E-state index contributed by atoms with van der Waals surface area (Å²) >= 11 is 0. The van der Waals surface area contributed by atoms with Gasteiger partial charge in [0.1, 0.15) is 5.82 Å². The topological polar surface area (TPSA) is 108 Å². The monoisotopic (exact) mass is 441 g/mol. The molecule has 0 spiro atoms. The number of H-pyrrole nitrogens is 1. The molecule has 0 aliphatic rings. The van der Waals surface area contributed by atoms with E-state index in [9.17, 15) is 18.0 Å². The molecule has 8 nitrogen and oxygen atoms in total. The SMILES string of the molecule is O=C(NCc1nc2ccccc2[nH]1)c1cnc(NNCc2ccccc2)nc1C(F)(F)F. The molecule has 4 aromatic rings. The van der Waals surface area contributed by atoms with Gasteiger partial charge in [-0.25, -0.2) is 20.4 Å². The number of halogens is 3. The van der Waals surface area contributed by atoms with Gasteiger partial charge in [-0.15, -0.1) is 0 Å². The number of imidazole rings is 1. The molecule has 1 amide bonds. The van der Waals surface area contributed by atoms with Gasteiger partial charge in [-0.2, -0.15) is 13.2 Å². The van der Waals surface area contributed by atoms with Crippen molar-refractivity contribution in [2.75, 3.05) is 5.43 Å². The van der Waals surface area contributed by atoms with E-state index in [1.807, 2.05) is 42.5 Å². The van der Waals surface area contributed by atoms with Crippen molar-refractivity contribution in [3.8, 4) is 0 Å². The van der Waals surface area contributed by atoms with Crippen LogP contribution in [0.15, 0.2) is 60.8 Å². The highest BCUT2D eigenvalue weighted by atomic mass is 19.4. The number of aromatic nitrogens is 4. The molecule has 0 unspecified atom stereocenters. The standard InChI is InChI=1S/C21H18F3N7O/c22-21(23,24)18-14(11-26-20(30-18)31-27-10-13-6-2-1-3-7-13)19(32)25-12-17-28-15-8-4-5-9-16(15)29-17/h1-9,11,27H,10,12H2,(H,25,32)(H,28,29)(H,26,30,31). The van der Waals surface area contributed by atoms with Gasteiger partial charge in [0.25, 0.3) is 5.91 Å². The smallest absolute Gasteiger partial charge is 0.345 e. The van der Waals surface area contributed by atoms with Crippen LogP contribution in [0, 0.1) is 0 Å². The molecule has 0 radical (unpaired) electrons. The summed E-state index contributed by atoms with van der Waals surface area (Å²) < 4.78 is 40.6. The Morgan fingerprint density at radius 3 is 2.47 bits per heavy atom. The first kappa shape index (κ1) is 21.2. The van der Waals surface area contributed by atoms with Crippen LogP contribution in [0.4, 0.5) is 19.1 Å². The Labute approximate surface area is 180 Å². The van der Waals surface area contributed by atoms with Crippen molar-refractivity contribution in [2.24, 2.45) is 0 Å². The van der Waals surface area contributed by atoms with Crippen molar-refractivity contribution in [1.82, 2.24) is 30.7 Å². The molecule has 0 saturated heterocycles. The predicted molar refractivity (Wildman–Crippen MR) is 111 cm³/mol. The fourth-order valence-corrected chi connectivity index (χ4v) is 2.99. The summed E-state index contributed by atoms with van der Waals surface area (Å²) in [4.78, 5) is 27.0. The van der Waals surface area contributed by atoms with Gasteiger partial charge < -0.3 is 10.3 Å². The molecule has 32 heavy (non-hydrogen) atoms. The number of anilines is 1. The minimum atomic E-state index is -4.84. The minimum Gasteiger partial charge on any atom is -0.345 e. The number of hydrogen-bond acceptors (Lipinski definition) is 6. The van der Waals surface area contributed by atoms with Crippen molar-refractivity contribution < 1.29 is 18.0 Å². The number of benzene rings is 2. The first-order valence-electron chi connectivity index (χ1n) is 9.59. The van der Waals surface area contributed by atoms with E-state index in [0.717, 1.165) is 17.3 Å². The fraction of sp³-hybridized carbons (Fsp3) is 0.143. The van der Waals surface area contributed by atoms with E-state index in [1.54, 1.807) is 12.1 Å². The van der Waals surface area contributed by atoms with Crippen LogP contribution in [0.2, 0.25) is 0 Å². The number of aromatic amines is 1. The number of nitrogens with one attached hydrogen (secondary N) is 4. The fourth-order valence-electron chi connectivity index (χ4n) is 2.99. The molecular weight excluding hydrogens is 423 g/mol. The number of alkyl halides is 3. The third kappa shape index (κ3) is 5.01. The average Bonchev–Trinajstić information content (AvgIpc) is 3.21. The van der Waals surface area contributed by atoms with Gasteiger partial charge in [0.15, 0.2) is 5.69 Å². The van der Waals surface area contributed by atoms with E-state index < -0.39 is 23.3 Å². The second-order valence-corrected chi connectivity index (χ2v) is 6.80. The maximum atomic E-state index is 13.5. The normalized spacial score (nSPS) is 11.5. The molecule has 2 aromatic heterocycles. The van der Waals surface area contributed by atoms with Crippen LogP contribution in [-0.4, -0.2) is 25.8 Å². The van der Waals surface area contributed by atoms with Gasteiger partial charge in [0, 0.05) is 12.7 Å². The first-order valence-corrected chi connectivity index (χ1v) is 9.59. The number of nitrogens with zero attached hydrogens (tertiary/aromatic N) is 3. The first-order chi connectivity index (χ1) is 15.4. The average molecular weight is 441 g/mol. The molecule has 4 rings (SSSR count). The number of amides is 1. The highest BCUT2D eigenvalue weighted by Gasteiger charge is 2.38. The van der Waals surface area contributed by atoms with Crippen molar-refractivity contribution in [3.63, 3.8) is 0 Å². The van der Waals surface area contributed by atoms with E-state index in [2.05, 4.69) is 36.1 Å². The molecule has 2 heterocycles. The second kappa shape index (κ2) is 9.02. The maximum Gasteiger partial charge on any atom is 0.434 e. The second-order valence-electron chi connectivity index (χ2n) is 6.80. The van der Waals surface area contributed by atoms with Gasteiger partial charge in [0.05, 0.1) is 23.1 Å². The molecule has 164 valence electrons. The third-order valence-electron chi connectivity index (χ3n) is 4.49. The van der Waals surface area contributed by atoms with Crippen molar-refractivity contribution >= 4 is 22.9 Å². The van der Waals surface area contributed by atoms with Crippen molar-refractivity contribution in [2.45, 2.75) is 19.3 Å². The molecule has 0 aliphatic heterocycles. The summed E-state index contributed by atoms with van der Waals surface area (Å²) in [6.45, 7) is 0.259. The lowest BCUT2D eigenvalue weighted by atomic mass is 10.2. The number of carbonyl (C=O) groups excluding carboxylic acids is 1. The number of rotatable bonds is 7. The maximum absolute atomic E-state index is 13.5. The third-order valence-corrected chi connectivity index (χ3v) is 4.49. The number of carbonyl (C=O) groups is 1. The van der Waals surface area contributed by atoms with E-state index in [4.69, 9.17) is 0 Å². The minimum absolute atomic E-state index is 0.0799. The number of fused-ring (bicyclic) bond motifs is 1. The molecule has 0 atom stereocenters. The van der Waals surface area contributed by atoms with Crippen molar-refractivity contribution in [1.29, 1.82) is 0 Å². The molecule has 0 aliphatic carbocycles. The zero-order valence-corrected chi connectivity index (χ0v) is 16.6. The lowest BCUT2D eigenvalue weighted by Crippen LogP contribution is -2.29. The van der Waals surface area contributed by atoms with Crippen LogP contribution in [0.25, 0.3) is 11.0 Å². The van der Waals surface area contributed by atoms with Crippen LogP contribution in [0.5, 0.6) is 0 Å². The Morgan fingerprint density at radius 2 is 1.72 bits per heavy atom. The summed E-state index contributed by atoms with van der Waals surface area (Å²) in [6.07, 6.45) is -4.00. The summed E-state index contributed by atoms with van der Waals surface area (Å²) in [5.74, 6) is -0.846. The number of hydrazine groups is 1. The van der Waals surface area contributed by atoms with E-state index in [1.165, 1.54) is 0 Å². The Morgan fingerprint density at radius 1 is 0.969 bits per heavy atom. The van der Waals surface area contributed by atoms with Crippen LogP contribution in [0.3, 0.4) is 0 Å². The lowest BCUT2D eigenvalue weighted by molar-refractivity contribution is -0.141. The van der Waals surface area contributed by atoms with Gasteiger partial charge in [-0.3, -0.25) is 10.2 Å². The zero-order valence-electron chi connectivity index (χ0n) is 16.6. The number of para-hydroxylation sites is 2. The molecule has 2 aromatic carbocycles. The van der Waals surface area contributed by atoms with Crippen LogP contribution < -0.4 is 16.2 Å². The molecule has 4 N–H and O–H groups in total. The van der Waals surface area contributed by atoms with E-state index >= 15 is 0 Å². The largest absolute Gasteiger partial charge is 0.434 e. The van der Waals surface area contributed by atoms with Gasteiger partial charge >= 0.3 is 6.18 Å². The Kier molecular flexibility index (Phi) is 5.99. The highest BCUT2D eigenvalue weighted by Crippen LogP contribution is 2.30. The number of hydrogen-bond donors (Lipinski definition) is 4. The highest BCUT2D eigenvalue weighted by molar-refractivity contribution is 5.95. The molecule has 0 fully saturated rings. The lowest BCUT2D eigenvalue weighted by Gasteiger charge is -2.13. The Balaban J connectivity index is 1.45. The van der Waals surface area contributed by atoms with Gasteiger partial charge in [-0.05, 0) is 17.7 Å². The summed E-state index contributed by atoms with van der Waals surface area (Å²) in [7, 11) is 0. The van der Waals surface area contributed by atoms with E-state index in [-0.39, 0.29) is 12.5 Å². The molecule has 0 bridgehead atoms.